The van der Waals surface area contributed by atoms with E-state index in [4.69, 9.17) is 0 Å². The minimum Gasteiger partial charge on any atom is -0.330 e. The van der Waals surface area contributed by atoms with Gasteiger partial charge in [-0.2, -0.15) is 8.78 Å². The first-order valence-corrected chi connectivity index (χ1v) is 5.70. The monoisotopic (exact) mass is 231 g/mol. The number of carbonyl (C=O) groups excluding carboxylic acids is 1. The molecule has 2 heterocycles. The van der Waals surface area contributed by atoms with Crippen LogP contribution >= 0.6 is 11.3 Å². The second kappa shape index (κ2) is 4.26. The van der Waals surface area contributed by atoms with E-state index in [1.807, 2.05) is 17.5 Å². The molecule has 1 aromatic rings. The van der Waals surface area contributed by atoms with Gasteiger partial charge in [0.1, 0.15) is 0 Å². The zero-order valence-electron chi connectivity index (χ0n) is 8.03. The Morgan fingerprint density at radius 2 is 2.40 bits per heavy atom. The largest absolute Gasteiger partial charge is 0.330 e. The molecule has 5 heteroatoms. The van der Waals surface area contributed by atoms with Crippen LogP contribution in [0, 0.1) is 0 Å². The molecule has 1 unspecified atom stereocenters. The highest BCUT2D eigenvalue weighted by Gasteiger charge is 2.34. The average molecular weight is 231 g/mol. The molecule has 15 heavy (non-hydrogen) atoms. The molecule has 1 atom stereocenters. The van der Waals surface area contributed by atoms with Gasteiger partial charge in [0.2, 0.25) is 0 Å². The lowest BCUT2D eigenvalue weighted by atomic mass is 10.2. The Morgan fingerprint density at radius 3 is 3.00 bits per heavy atom. The lowest BCUT2D eigenvalue weighted by Gasteiger charge is -2.23. The number of alkyl halides is 2. The molecule has 1 saturated heterocycles. The van der Waals surface area contributed by atoms with Crippen molar-refractivity contribution < 1.29 is 13.6 Å². The van der Waals surface area contributed by atoms with E-state index in [0.717, 1.165) is 17.7 Å². The summed E-state index contributed by atoms with van der Waals surface area (Å²) in [5.74, 6) is -1.04. The summed E-state index contributed by atoms with van der Waals surface area (Å²) in [7, 11) is 0. The van der Waals surface area contributed by atoms with Crippen molar-refractivity contribution in [2.45, 2.75) is 25.3 Å². The fourth-order valence-electron chi connectivity index (χ4n) is 1.93. The van der Waals surface area contributed by atoms with Crippen molar-refractivity contribution in [3.63, 3.8) is 0 Å². The second-order valence-electron chi connectivity index (χ2n) is 3.51. The van der Waals surface area contributed by atoms with Crippen molar-refractivity contribution in [1.29, 1.82) is 0 Å². The van der Waals surface area contributed by atoms with Gasteiger partial charge in [-0.25, -0.2) is 0 Å². The van der Waals surface area contributed by atoms with Gasteiger partial charge in [0.25, 0.3) is 5.91 Å². The highest BCUT2D eigenvalue weighted by Crippen LogP contribution is 2.34. The van der Waals surface area contributed by atoms with Gasteiger partial charge >= 0.3 is 6.43 Å². The highest BCUT2D eigenvalue weighted by atomic mass is 32.1. The number of amides is 1. The van der Waals surface area contributed by atoms with Crippen molar-refractivity contribution in [1.82, 2.24) is 4.90 Å². The molecule has 0 N–H and O–H groups in total. The van der Waals surface area contributed by atoms with E-state index in [2.05, 4.69) is 0 Å². The summed E-state index contributed by atoms with van der Waals surface area (Å²) < 4.78 is 24.6. The number of carbonyl (C=O) groups is 1. The van der Waals surface area contributed by atoms with Crippen LogP contribution in [0.2, 0.25) is 0 Å². The van der Waals surface area contributed by atoms with Gasteiger partial charge in [0.05, 0.1) is 6.04 Å². The van der Waals surface area contributed by atoms with Crippen molar-refractivity contribution in [3.8, 4) is 0 Å². The third-order valence-electron chi connectivity index (χ3n) is 2.59. The molecule has 0 saturated carbocycles. The maximum absolute atomic E-state index is 12.3. The number of nitrogens with zero attached hydrogens (tertiary/aromatic N) is 1. The molecule has 0 spiro atoms. The first kappa shape index (κ1) is 10.5. The second-order valence-corrected chi connectivity index (χ2v) is 4.49. The zero-order valence-corrected chi connectivity index (χ0v) is 8.84. The molecular weight excluding hydrogens is 220 g/mol. The number of halogens is 2. The molecule has 82 valence electrons. The maximum atomic E-state index is 12.3. The molecule has 0 radical (unpaired) electrons. The zero-order chi connectivity index (χ0) is 10.8. The lowest BCUT2D eigenvalue weighted by Crippen LogP contribution is -2.34. The number of hydrogen-bond acceptors (Lipinski definition) is 2. The smallest absolute Gasteiger partial charge is 0.315 e. The third kappa shape index (κ3) is 2.02. The predicted octanol–water partition coefficient (Wildman–Crippen LogP) is 2.68. The summed E-state index contributed by atoms with van der Waals surface area (Å²) in [6.45, 7) is 0.450. The average Bonchev–Trinajstić information content (AvgIpc) is 2.86. The van der Waals surface area contributed by atoms with E-state index in [0.29, 0.717) is 6.54 Å². The lowest BCUT2D eigenvalue weighted by molar-refractivity contribution is -0.143. The number of hydrogen-bond donors (Lipinski definition) is 0. The van der Waals surface area contributed by atoms with Crippen molar-refractivity contribution in [2.24, 2.45) is 0 Å². The van der Waals surface area contributed by atoms with E-state index in [9.17, 15) is 13.6 Å². The van der Waals surface area contributed by atoms with Gasteiger partial charge in [-0.15, -0.1) is 11.3 Å². The van der Waals surface area contributed by atoms with Gasteiger partial charge < -0.3 is 4.90 Å². The van der Waals surface area contributed by atoms with E-state index < -0.39 is 12.3 Å². The Bertz CT molecular complexity index is 339. The normalized spacial score (nSPS) is 21.3. The fourth-order valence-corrected chi connectivity index (χ4v) is 2.81. The van der Waals surface area contributed by atoms with Crippen molar-refractivity contribution >= 4 is 17.2 Å². The van der Waals surface area contributed by atoms with Crippen LogP contribution in [0.3, 0.4) is 0 Å². The molecule has 1 fully saturated rings. The quantitative estimate of drug-likeness (QED) is 0.766. The molecule has 1 aliphatic heterocycles. The third-order valence-corrected chi connectivity index (χ3v) is 3.57. The topological polar surface area (TPSA) is 20.3 Å². The van der Waals surface area contributed by atoms with E-state index >= 15 is 0 Å². The molecule has 0 aliphatic carbocycles. The van der Waals surface area contributed by atoms with Crippen LogP contribution in [0.15, 0.2) is 17.5 Å². The molecule has 0 bridgehead atoms. The molecule has 1 aliphatic rings. The van der Waals surface area contributed by atoms with Crippen LogP contribution in [-0.2, 0) is 4.79 Å². The molecule has 1 amide bonds. The van der Waals surface area contributed by atoms with Crippen LogP contribution in [0.4, 0.5) is 8.78 Å². The SMILES string of the molecule is O=C(C(F)F)N1CCCC1c1cccs1. The standard InChI is InChI=1S/C10H11F2NOS/c11-9(12)10(14)13-5-1-3-7(13)8-4-2-6-15-8/h2,4,6-7,9H,1,3,5H2. The van der Waals surface area contributed by atoms with Crippen LogP contribution < -0.4 is 0 Å². The highest BCUT2D eigenvalue weighted by molar-refractivity contribution is 7.10. The summed E-state index contributed by atoms with van der Waals surface area (Å²) in [4.78, 5) is 13.5. The molecule has 1 aromatic heterocycles. The van der Waals surface area contributed by atoms with E-state index in [1.54, 1.807) is 0 Å². The predicted molar refractivity (Wildman–Crippen MR) is 54.0 cm³/mol. The van der Waals surface area contributed by atoms with Gasteiger partial charge in [-0.05, 0) is 24.3 Å². The Morgan fingerprint density at radius 1 is 1.60 bits per heavy atom. The minimum atomic E-state index is -2.88. The van der Waals surface area contributed by atoms with Crippen LogP contribution in [-0.4, -0.2) is 23.8 Å². The van der Waals surface area contributed by atoms with E-state index in [-0.39, 0.29) is 6.04 Å². The number of rotatable bonds is 2. The van der Waals surface area contributed by atoms with Crippen LogP contribution in [0.5, 0.6) is 0 Å². The molecule has 2 rings (SSSR count). The van der Waals surface area contributed by atoms with Gasteiger partial charge in [-0.1, -0.05) is 6.07 Å². The Balaban J connectivity index is 2.15. The molecular formula is C10H11F2NOS. The van der Waals surface area contributed by atoms with Gasteiger partial charge in [0, 0.05) is 11.4 Å². The van der Waals surface area contributed by atoms with Crippen LogP contribution in [0.1, 0.15) is 23.8 Å². The first-order valence-electron chi connectivity index (χ1n) is 4.82. The molecule has 0 aromatic carbocycles. The van der Waals surface area contributed by atoms with Crippen molar-refractivity contribution in [3.05, 3.63) is 22.4 Å². The first-order chi connectivity index (χ1) is 7.20. The Hall–Kier alpha value is -0.970. The summed E-state index contributed by atoms with van der Waals surface area (Å²) in [5, 5.41) is 1.90. The van der Waals surface area contributed by atoms with Crippen LogP contribution in [0.25, 0.3) is 0 Å². The summed E-state index contributed by atoms with van der Waals surface area (Å²) in [6.07, 6.45) is -1.29. The minimum absolute atomic E-state index is 0.133. The number of thiophene rings is 1. The summed E-state index contributed by atoms with van der Waals surface area (Å²) in [5.41, 5.74) is 0. The fraction of sp³-hybridized carbons (Fsp3) is 0.500. The summed E-state index contributed by atoms with van der Waals surface area (Å²) in [6, 6.07) is 3.64. The van der Waals surface area contributed by atoms with Gasteiger partial charge in [-0.3, -0.25) is 4.79 Å². The molecule has 2 nitrogen and oxygen atoms in total. The number of likely N-dealkylation sites (tertiary alicyclic amines) is 1. The summed E-state index contributed by atoms with van der Waals surface area (Å²) >= 11 is 1.51. The Kier molecular flexibility index (Phi) is 3.00. The van der Waals surface area contributed by atoms with Gasteiger partial charge in [0.15, 0.2) is 0 Å². The van der Waals surface area contributed by atoms with Crippen molar-refractivity contribution in [2.75, 3.05) is 6.54 Å². The Labute approximate surface area is 90.5 Å². The van der Waals surface area contributed by atoms with E-state index in [1.165, 1.54) is 16.2 Å². The maximum Gasteiger partial charge on any atom is 0.315 e.